The van der Waals surface area contributed by atoms with E-state index in [0.717, 1.165) is 35.1 Å². The van der Waals surface area contributed by atoms with Crippen molar-refractivity contribution in [3.8, 4) is 0 Å². The summed E-state index contributed by atoms with van der Waals surface area (Å²) in [5.74, 6) is -0.0458. The summed E-state index contributed by atoms with van der Waals surface area (Å²) in [5.41, 5.74) is 1.82. The Morgan fingerprint density at radius 1 is 0.482 bits per heavy atom. The number of ether oxygens (including phenoxy) is 2. The van der Waals surface area contributed by atoms with Gasteiger partial charge < -0.3 is 58.4 Å². The fourth-order valence-corrected chi connectivity index (χ4v) is 17.3. The molecule has 4 fully saturated rings. The molecule has 0 bridgehead atoms. The zero-order valence-electron chi connectivity index (χ0n) is 70.7. The summed E-state index contributed by atoms with van der Waals surface area (Å²) in [6.45, 7) is 30.7. The van der Waals surface area contributed by atoms with E-state index in [-0.39, 0.29) is 93.6 Å². The SMILES string of the molecule is CC(C)C[C@H](C)/C=C/[C@H](Cc1ccccc1)C(=O)N1CCC[C@@H]1C(=O)N[C@@H](CCCNC(=O)OCc1ccccc1)C(=O)CC1CC(C)(C)N(O)C(C)(C)C1.CC(C)C[C@H](C)/C=C/[C@H](Cc1ccccc1)C(=O)N1CCC[C@@H]1C(=O)N[C@@H](CCCNC(=O)OCc1ccccc1)C(=O)CC1CC(C)(C)N(O)C(C)(C)C1.[CH3-].[I][V][I]. The molecular formula is C91H135I2N8O12V-. The number of halogens is 2. The molecule has 6 amide bonds. The van der Waals surface area contributed by atoms with Gasteiger partial charge in [0.05, 0.1) is 23.9 Å². The van der Waals surface area contributed by atoms with Crippen molar-refractivity contribution in [3.63, 3.8) is 0 Å². The number of carbonyl (C=O) groups is 8. The number of piperidine rings is 2. The second-order valence-electron chi connectivity index (χ2n) is 35.2. The van der Waals surface area contributed by atoms with Crippen LogP contribution in [0.1, 0.15) is 222 Å². The minimum absolute atomic E-state index is 0. The van der Waals surface area contributed by atoms with Crippen LogP contribution in [0.15, 0.2) is 146 Å². The average molecular weight is 1840 g/mol. The van der Waals surface area contributed by atoms with E-state index in [4.69, 9.17) is 9.47 Å². The number of hydroxylamine groups is 4. The number of rotatable bonds is 36. The van der Waals surface area contributed by atoms with Crippen LogP contribution in [0.3, 0.4) is 0 Å². The van der Waals surface area contributed by atoms with Crippen LogP contribution in [0.4, 0.5) is 9.59 Å². The molecule has 0 aromatic heterocycles. The van der Waals surface area contributed by atoms with Crippen molar-refractivity contribution in [1.29, 1.82) is 0 Å². The fraction of sp³-hybridized carbons (Fsp3) is 0.593. The molecule has 4 aliphatic rings. The molecule has 4 aliphatic heterocycles. The fourth-order valence-electron chi connectivity index (χ4n) is 17.3. The number of Topliss-reactive ketones (excluding diaryl/α,β-unsaturated/α-hetero) is 2. The molecule has 0 radical (unpaired) electrons. The van der Waals surface area contributed by atoms with Gasteiger partial charge in [0.15, 0.2) is 11.6 Å². The van der Waals surface area contributed by atoms with E-state index in [1.807, 2.05) is 189 Å². The summed E-state index contributed by atoms with van der Waals surface area (Å²) in [6.07, 6.45) is 17.4. The van der Waals surface area contributed by atoms with E-state index >= 15 is 0 Å². The van der Waals surface area contributed by atoms with E-state index in [1.54, 1.807) is 9.80 Å². The monoisotopic (exact) mass is 1840 g/mol. The Morgan fingerprint density at radius 2 is 0.781 bits per heavy atom. The van der Waals surface area contributed by atoms with Crippen molar-refractivity contribution in [2.24, 2.45) is 47.3 Å². The number of nitrogens with one attached hydrogen (secondary N) is 4. The van der Waals surface area contributed by atoms with Gasteiger partial charge in [-0.05, 0) is 216 Å². The van der Waals surface area contributed by atoms with Crippen LogP contribution in [-0.4, -0.2) is 150 Å². The standard InChI is InChI=1S/2C45H66N4O6.CH3.2HI.V/c2*1-32(2)26-33(3)22-23-37(27-34-16-10-8-11-17-34)42(52)48-25-15-21-39(48)41(51)47-38(20-14-24-46-43(53)55-31-35-18-12-9-13-19-35)40(50)28-36-29-44(4,5)49(54)45(6,7)30-36;;;;/h2*8-13,16-19,22-23,32-33,36-39,54H,14-15,20-21,24-31H2,1-7H3,(H,46,53)(H,47,51);1H3;2*1H;/q;;-1;;;+2/p-2/b2*23-22+;;;;/t2*33-,37-,38+,39-;;;;/m11..../s1. The number of amides is 6. The van der Waals surface area contributed by atoms with Gasteiger partial charge >= 0.3 is 61.6 Å². The molecule has 631 valence electrons. The molecule has 20 nitrogen and oxygen atoms in total. The van der Waals surface area contributed by atoms with Crippen LogP contribution < -0.4 is 21.3 Å². The summed E-state index contributed by atoms with van der Waals surface area (Å²) in [4.78, 5) is 113. The van der Waals surface area contributed by atoms with Crippen molar-refractivity contribution in [2.45, 2.75) is 272 Å². The molecule has 8 rings (SSSR count). The number of allylic oxidation sites excluding steroid dienone is 2. The maximum absolute atomic E-state index is 14.3. The zero-order chi connectivity index (χ0) is 83.1. The number of alkyl carbamates (subject to hydrolysis) is 2. The second kappa shape index (κ2) is 48.8. The van der Waals surface area contributed by atoms with E-state index < -0.39 is 70.3 Å². The first-order valence-corrected chi connectivity index (χ1v) is 50.1. The summed E-state index contributed by atoms with van der Waals surface area (Å²) in [5, 5.41) is 36.2. The van der Waals surface area contributed by atoms with Gasteiger partial charge in [-0.2, -0.15) is 10.1 Å². The summed E-state index contributed by atoms with van der Waals surface area (Å²) in [7, 11) is 0.628. The molecule has 4 aromatic rings. The van der Waals surface area contributed by atoms with E-state index in [1.165, 1.54) is 10.1 Å². The molecule has 0 unspecified atom stereocenters. The van der Waals surface area contributed by atoms with Gasteiger partial charge in [0.2, 0.25) is 23.6 Å². The normalized spacial score (nSPS) is 19.6. The molecule has 114 heavy (non-hydrogen) atoms. The molecule has 0 aliphatic carbocycles. The molecule has 4 heterocycles. The molecule has 4 saturated heterocycles. The van der Waals surface area contributed by atoms with Gasteiger partial charge in [-0.1, -0.05) is 187 Å². The third-order valence-corrected chi connectivity index (χ3v) is 22.1. The van der Waals surface area contributed by atoms with E-state index in [9.17, 15) is 48.8 Å². The summed E-state index contributed by atoms with van der Waals surface area (Å²) >= 11 is 4.74. The molecule has 6 N–H and O–H groups in total. The summed E-state index contributed by atoms with van der Waals surface area (Å²) in [6, 6.07) is 35.9. The van der Waals surface area contributed by atoms with Crippen LogP contribution in [-0.2, 0) is 73.8 Å². The van der Waals surface area contributed by atoms with E-state index in [0.29, 0.717) is 136 Å². The third kappa shape index (κ3) is 33.1. The zero-order valence-corrected chi connectivity index (χ0v) is 76.4. The average Bonchev–Trinajstić information content (AvgIpc) is 1.08. The molecule has 4 aromatic carbocycles. The first kappa shape index (κ1) is 98.6. The van der Waals surface area contributed by atoms with Crippen LogP contribution in [0, 0.1) is 54.8 Å². The number of carbonyl (C=O) groups excluding carboxylic acids is 8. The Kier molecular flexibility index (Phi) is 42.2. The predicted molar refractivity (Wildman–Crippen MR) is 467 cm³/mol. The van der Waals surface area contributed by atoms with Crippen LogP contribution in [0.2, 0.25) is 0 Å². The Morgan fingerprint density at radius 3 is 1.08 bits per heavy atom. The van der Waals surface area contributed by atoms with Crippen molar-refractivity contribution in [1.82, 2.24) is 41.2 Å². The van der Waals surface area contributed by atoms with Gasteiger partial charge in [-0.25, -0.2) is 9.59 Å². The number of hydrogen-bond acceptors (Lipinski definition) is 14. The third-order valence-electron chi connectivity index (χ3n) is 22.1. The van der Waals surface area contributed by atoms with Gasteiger partial charge in [-0.15, -0.1) is 0 Å². The van der Waals surface area contributed by atoms with Crippen LogP contribution >= 0.6 is 40.0 Å². The molecule has 8 atom stereocenters. The van der Waals surface area contributed by atoms with Crippen LogP contribution in [0.5, 0.6) is 0 Å². The predicted octanol–water partition coefficient (Wildman–Crippen LogP) is 18.0. The van der Waals surface area contributed by atoms with Crippen molar-refractivity contribution in [3.05, 3.63) is 175 Å². The van der Waals surface area contributed by atoms with Crippen molar-refractivity contribution in [2.75, 3.05) is 26.2 Å². The van der Waals surface area contributed by atoms with Gasteiger partial charge in [0.1, 0.15) is 25.3 Å². The molecule has 23 heteroatoms. The van der Waals surface area contributed by atoms with Gasteiger partial charge in [0.25, 0.3) is 0 Å². The molecule has 0 saturated carbocycles. The number of nitrogens with zero attached hydrogens (tertiary/aromatic N) is 4. The number of likely N-dealkylation sites (tertiary alicyclic amines) is 2. The second-order valence-corrected chi connectivity index (χ2v) is 47.0. The first-order chi connectivity index (χ1) is 53.5. The first-order valence-electron chi connectivity index (χ1n) is 41.0. The Labute approximate surface area is 711 Å². The van der Waals surface area contributed by atoms with Gasteiger partial charge in [0, 0.05) is 61.2 Å². The molecular weight excluding hydrogens is 1700 g/mol. The van der Waals surface area contributed by atoms with Crippen molar-refractivity contribution >= 4 is 87.3 Å². The maximum atomic E-state index is 14.3. The number of hydrogen-bond donors (Lipinski definition) is 6. The number of benzene rings is 4. The van der Waals surface area contributed by atoms with Crippen molar-refractivity contribution < 1.29 is 67.7 Å². The Bertz CT molecular complexity index is 3390. The topological polar surface area (TPSA) is 257 Å². The molecule has 0 spiro atoms. The van der Waals surface area contributed by atoms with E-state index in [2.05, 4.69) is 115 Å². The quantitative estimate of drug-likeness (QED) is 0.0107. The van der Waals surface area contributed by atoms with Crippen LogP contribution in [0.25, 0.3) is 0 Å². The number of ketones is 2. The summed E-state index contributed by atoms with van der Waals surface area (Å²) < 4.78 is 10.7. The Hall–Kier alpha value is -6.00. The van der Waals surface area contributed by atoms with Gasteiger partial charge in [-0.3, -0.25) is 28.8 Å². The minimum atomic E-state index is -0.789. The Balaban J connectivity index is 0.000000390.